The number of nitrogens with zero attached hydrogens (tertiary/aromatic N) is 2. The summed E-state index contributed by atoms with van der Waals surface area (Å²) >= 11 is 6.30. The third-order valence-corrected chi connectivity index (χ3v) is 5.41. The van der Waals surface area contributed by atoms with Gasteiger partial charge in [-0.1, -0.05) is 11.6 Å². The van der Waals surface area contributed by atoms with Crippen LogP contribution in [-0.4, -0.2) is 9.78 Å². The molecule has 0 radical (unpaired) electrons. The maximum atomic E-state index is 6.30. The van der Waals surface area contributed by atoms with E-state index in [9.17, 15) is 0 Å². The van der Waals surface area contributed by atoms with Gasteiger partial charge < -0.3 is 5.73 Å². The molecule has 17 heavy (non-hydrogen) atoms. The SMILES string of the molecule is Nc1cc(Cl)n(C23CC4CC(CC(C4)C2)C3)n1. The molecule has 4 heteroatoms. The van der Waals surface area contributed by atoms with Gasteiger partial charge in [0, 0.05) is 6.07 Å². The molecule has 4 aliphatic rings. The minimum Gasteiger partial charge on any atom is -0.382 e. The first kappa shape index (κ1) is 10.2. The van der Waals surface area contributed by atoms with Crippen LogP contribution in [0.15, 0.2) is 6.07 Å². The van der Waals surface area contributed by atoms with Crippen LogP contribution >= 0.6 is 11.6 Å². The van der Waals surface area contributed by atoms with Crippen molar-refractivity contribution in [2.24, 2.45) is 17.8 Å². The molecule has 1 aromatic rings. The maximum absolute atomic E-state index is 6.30. The molecular formula is C13H18ClN3. The highest BCUT2D eigenvalue weighted by atomic mass is 35.5. The third kappa shape index (κ3) is 1.38. The van der Waals surface area contributed by atoms with Crippen molar-refractivity contribution in [3.63, 3.8) is 0 Å². The molecule has 4 saturated carbocycles. The number of rotatable bonds is 1. The van der Waals surface area contributed by atoms with Crippen molar-refractivity contribution in [1.29, 1.82) is 0 Å². The van der Waals surface area contributed by atoms with Gasteiger partial charge >= 0.3 is 0 Å². The van der Waals surface area contributed by atoms with Crippen molar-refractivity contribution in [2.75, 3.05) is 5.73 Å². The Bertz CT molecular complexity index is 430. The molecule has 0 aliphatic heterocycles. The molecule has 1 heterocycles. The van der Waals surface area contributed by atoms with Gasteiger partial charge in [-0.25, -0.2) is 4.68 Å². The molecule has 0 amide bonds. The summed E-state index contributed by atoms with van der Waals surface area (Å²) in [6.07, 6.45) is 8.11. The van der Waals surface area contributed by atoms with Crippen LogP contribution in [0.5, 0.6) is 0 Å². The minimum atomic E-state index is 0.198. The van der Waals surface area contributed by atoms with Crippen LogP contribution in [0.1, 0.15) is 38.5 Å². The lowest BCUT2D eigenvalue weighted by Crippen LogP contribution is -2.52. The summed E-state index contributed by atoms with van der Waals surface area (Å²) in [6.45, 7) is 0. The Kier molecular flexibility index (Phi) is 1.92. The Hall–Kier alpha value is -0.700. The molecule has 0 atom stereocenters. The van der Waals surface area contributed by atoms with E-state index in [0.29, 0.717) is 5.82 Å². The summed E-state index contributed by atoms with van der Waals surface area (Å²) in [6, 6.07) is 1.79. The Balaban J connectivity index is 1.79. The highest BCUT2D eigenvalue weighted by Gasteiger charge is 2.52. The summed E-state index contributed by atoms with van der Waals surface area (Å²) in [5.41, 5.74) is 5.98. The van der Waals surface area contributed by atoms with E-state index in [2.05, 4.69) is 5.10 Å². The van der Waals surface area contributed by atoms with Gasteiger partial charge in [-0.2, -0.15) is 5.10 Å². The van der Waals surface area contributed by atoms with Crippen LogP contribution < -0.4 is 5.73 Å². The second-order valence-electron chi connectivity index (χ2n) is 6.45. The van der Waals surface area contributed by atoms with Crippen molar-refractivity contribution < 1.29 is 0 Å². The van der Waals surface area contributed by atoms with E-state index in [1.54, 1.807) is 6.07 Å². The minimum absolute atomic E-state index is 0.198. The summed E-state index contributed by atoms with van der Waals surface area (Å²) < 4.78 is 2.05. The van der Waals surface area contributed by atoms with Crippen LogP contribution in [0.25, 0.3) is 0 Å². The first-order chi connectivity index (χ1) is 8.14. The predicted molar refractivity (Wildman–Crippen MR) is 67.8 cm³/mol. The Morgan fingerprint density at radius 2 is 1.71 bits per heavy atom. The van der Waals surface area contributed by atoms with E-state index in [4.69, 9.17) is 17.3 Å². The molecule has 2 N–H and O–H groups in total. The Morgan fingerprint density at radius 3 is 2.12 bits per heavy atom. The zero-order valence-corrected chi connectivity index (χ0v) is 10.7. The van der Waals surface area contributed by atoms with Crippen molar-refractivity contribution in [3.8, 4) is 0 Å². The van der Waals surface area contributed by atoms with Gasteiger partial charge in [0.05, 0.1) is 5.54 Å². The van der Waals surface area contributed by atoms with E-state index in [1.807, 2.05) is 4.68 Å². The van der Waals surface area contributed by atoms with Gasteiger partial charge in [0.15, 0.2) is 0 Å². The zero-order valence-electron chi connectivity index (χ0n) is 9.90. The standard InChI is InChI=1S/C13H18ClN3/c14-11-4-12(15)16-17(11)13-5-8-1-9(6-13)3-10(2-8)7-13/h4,8-10H,1-3,5-7H2,(H2,15,16). The number of nitrogen functional groups attached to an aromatic ring is 1. The fraction of sp³-hybridized carbons (Fsp3) is 0.769. The van der Waals surface area contributed by atoms with Gasteiger partial charge in [-0.15, -0.1) is 0 Å². The smallest absolute Gasteiger partial charge is 0.147 e. The van der Waals surface area contributed by atoms with Crippen LogP contribution in [0.2, 0.25) is 5.15 Å². The van der Waals surface area contributed by atoms with Gasteiger partial charge in [0.2, 0.25) is 0 Å². The third-order valence-electron chi connectivity index (χ3n) is 5.14. The Morgan fingerprint density at radius 1 is 1.18 bits per heavy atom. The van der Waals surface area contributed by atoms with Crippen LogP contribution in [0, 0.1) is 17.8 Å². The van der Waals surface area contributed by atoms with Gasteiger partial charge in [-0.3, -0.25) is 0 Å². The van der Waals surface area contributed by atoms with E-state index < -0.39 is 0 Å². The molecule has 4 fully saturated rings. The average Bonchev–Trinajstić information content (AvgIpc) is 2.56. The van der Waals surface area contributed by atoms with Crippen LogP contribution in [0.4, 0.5) is 5.82 Å². The summed E-state index contributed by atoms with van der Waals surface area (Å²) in [5.74, 6) is 3.28. The molecule has 0 saturated heterocycles. The predicted octanol–water partition coefficient (Wildman–Crippen LogP) is 3.04. The molecular weight excluding hydrogens is 234 g/mol. The second-order valence-corrected chi connectivity index (χ2v) is 6.83. The number of halogens is 1. The maximum Gasteiger partial charge on any atom is 0.147 e. The second kappa shape index (κ2) is 3.19. The van der Waals surface area contributed by atoms with E-state index in [1.165, 1.54) is 38.5 Å². The first-order valence-electron chi connectivity index (χ1n) is 6.66. The molecule has 0 aromatic carbocycles. The normalized spacial score (nSPS) is 43.2. The van der Waals surface area contributed by atoms with Gasteiger partial charge in [0.25, 0.3) is 0 Å². The molecule has 92 valence electrons. The lowest BCUT2D eigenvalue weighted by molar-refractivity contribution is -0.0490. The van der Waals surface area contributed by atoms with E-state index >= 15 is 0 Å². The quantitative estimate of drug-likeness (QED) is 0.834. The Labute approximate surface area is 106 Å². The van der Waals surface area contributed by atoms with Crippen molar-refractivity contribution in [1.82, 2.24) is 9.78 Å². The lowest BCUT2D eigenvalue weighted by Gasteiger charge is -2.56. The summed E-state index contributed by atoms with van der Waals surface area (Å²) in [5, 5.41) is 5.19. The molecule has 5 rings (SSSR count). The molecule has 4 bridgehead atoms. The topological polar surface area (TPSA) is 43.8 Å². The number of aromatic nitrogens is 2. The van der Waals surface area contributed by atoms with Gasteiger partial charge in [0.1, 0.15) is 11.0 Å². The fourth-order valence-electron chi connectivity index (χ4n) is 5.03. The molecule has 4 aliphatic carbocycles. The number of hydrogen-bond acceptors (Lipinski definition) is 2. The van der Waals surface area contributed by atoms with E-state index in [-0.39, 0.29) is 5.54 Å². The fourth-order valence-corrected chi connectivity index (χ4v) is 5.36. The number of nitrogens with two attached hydrogens (primary N) is 1. The van der Waals surface area contributed by atoms with Crippen molar-refractivity contribution in [3.05, 3.63) is 11.2 Å². The number of hydrogen-bond donors (Lipinski definition) is 1. The van der Waals surface area contributed by atoms with Gasteiger partial charge in [-0.05, 0) is 56.3 Å². The van der Waals surface area contributed by atoms with Crippen molar-refractivity contribution >= 4 is 17.4 Å². The monoisotopic (exact) mass is 251 g/mol. The van der Waals surface area contributed by atoms with E-state index in [0.717, 1.165) is 22.9 Å². The highest BCUT2D eigenvalue weighted by molar-refractivity contribution is 6.29. The van der Waals surface area contributed by atoms with Crippen molar-refractivity contribution in [2.45, 2.75) is 44.1 Å². The molecule has 0 spiro atoms. The largest absolute Gasteiger partial charge is 0.382 e. The summed E-state index contributed by atoms with van der Waals surface area (Å²) in [7, 11) is 0. The first-order valence-corrected chi connectivity index (χ1v) is 7.04. The summed E-state index contributed by atoms with van der Waals surface area (Å²) in [4.78, 5) is 0. The molecule has 0 unspecified atom stereocenters. The number of anilines is 1. The van der Waals surface area contributed by atoms with Crippen LogP contribution in [-0.2, 0) is 5.54 Å². The lowest BCUT2D eigenvalue weighted by atomic mass is 9.53. The molecule has 3 nitrogen and oxygen atoms in total. The molecule has 1 aromatic heterocycles. The highest BCUT2D eigenvalue weighted by Crippen LogP contribution is 2.59. The van der Waals surface area contributed by atoms with Crippen LogP contribution in [0.3, 0.4) is 0 Å². The zero-order chi connectivity index (χ0) is 11.6. The average molecular weight is 252 g/mol.